The Balaban J connectivity index is 2.04. The number of thiazole rings is 1. The van der Waals surface area contributed by atoms with Gasteiger partial charge in [-0.3, -0.25) is 0 Å². The van der Waals surface area contributed by atoms with Gasteiger partial charge in [0.2, 0.25) is 0 Å². The average Bonchev–Trinajstić information content (AvgIpc) is 2.88. The Bertz CT molecular complexity index is 479. The zero-order chi connectivity index (χ0) is 12.8. The summed E-state index contributed by atoms with van der Waals surface area (Å²) in [5.41, 5.74) is 2.13. The van der Waals surface area contributed by atoms with Gasteiger partial charge in [0.05, 0.1) is 17.8 Å². The molecule has 0 aliphatic carbocycles. The highest BCUT2D eigenvalue weighted by Crippen LogP contribution is 2.24. The Labute approximate surface area is 111 Å². The van der Waals surface area contributed by atoms with Crippen LogP contribution in [0.4, 0.5) is 0 Å². The molecule has 4 heteroatoms. The van der Waals surface area contributed by atoms with E-state index in [2.05, 4.69) is 10.4 Å². The monoisotopic (exact) mass is 263 g/mol. The smallest absolute Gasteiger partial charge is 0.118 e. The number of aliphatic hydroxyl groups excluding tert-OH is 1. The van der Waals surface area contributed by atoms with Crippen molar-refractivity contribution in [2.45, 2.75) is 19.3 Å². The first-order chi connectivity index (χ1) is 8.83. The highest BCUT2D eigenvalue weighted by molar-refractivity contribution is 7.09. The lowest BCUT2D eigenvalue weighted by molar-refractivity contribution is 0.284. The number of unbranched alkanes of at least 4 members (excludes halogenated alkanes) is 1. The van der Waals surface area contributed by atoms with Crippen molar-refractivity contribution >= 4 is 11.3 Å². The van der Waals surface area contributed by atoms with Gasteiger partial charge in [-0.15, -0.1) is 11.3 Å². The van der Waals surface area contributed by atoms with Gasteiger partial charge < -0.3 is 9.84 Å². The summed E-state index contributed by atoms with van der Waals surface area (Å²) in [6, 6.07) is 7.93. The molecule has 1 aromatic carbocycles. The van der Waals surface area contributed by atoms with Crippen LogP contribution in [0.25, 0.3) is 11.3 Å². The molecular formula is C14H17NO2S. The Morgan fingerprint density at radius 3 is 2.67 bits per heavy atom. The molecule has 0 amide bonds. The van der Waals surface area contributed by atoms with Crippen molar-refractivity contribution in [3.63, 3.8) is 0 Å². The van der Waals surface area contributed by atoms with E-state index >= 15 is 0 Å². The lowest BCUT2D eigenvalue weighted by atomic mass is 10.2. The van der Waals surface area contributed by atoms with Gasteiger partial charge in [-0.1, -0.05) is 0 Å². The van der Waals surface area contributed by atoms with E-state index in [0.29, 0.717) is 0 Å². The van der Waals surface area contributed by atoms with Gasteiger partial charge in [0.1, 0.15) is 5.75 Å². The van der Waals surface area contributed by atoms with Crippen LogP contribution in [-0.2, 0) is 6.42 Å². The Kier molecular flexibility index (Phi) is 4.73. The minimum Gasteiger partial charge on any atom is -0.497 e. The Morgan fingerprint density at radius 1 is 1.22 bits per heavy atom. The number of ether oxygens (including phenoxy) is 1. The maximum absolute atomic E-state index is 8.75. The number of aliphatic hydroxyl groups is 1. The number of hydrogen-bond donors (Lipinski definition) is 1. The number of benzene rings is 1. The van der Waals surface area contributed by atoms with Crippen LogP contribution in [0.15, 0.2) is 29.6 Å². The summed E-state index contributed by atoms with van der Waals surface area (Å²) < 4.78 is 5.13. The number of nitrogens with zero attached hydrogens (tertiary/aromatic N) is 1. The fourth-order valence-corrected chi connectivity index (χ4v) is 2.56. The minimum absolute atomic E-state index is 0.261. The van der Waals surface area contributed by atoms with Gasteiger partial charge in [-0.25, -0.2) is 4.98 Å². The van der Waals surface area contributed by atoms with Crippen LogP contribution in [0.2, 0.25) is 0 Å². The van der Waals surface area contributed by atoms with Gasteiger partial charge in [-0.05, 0) is 43.5 Å². The molecular weight excluding hydrogens is 246 g/mol. The first-order valence-corrected chi connectivity index (χ1v) is 6.91. The van der Waals surface area contributed by atoms with Crippen molar-refractivity contribution in [1.82, 2.24) is 4.98 Å². The van der Waals surface area contributed by atoms with Gasteiger partial charge in [0, 0.05) is 17.6 Å². The average molecular weight is 263 g/mol. The van der Waals surface area contributed by atoms with Crippen molar-refractivity contribution < 1.29 is 9.84 Å². The minimum atomic E-state index is 0.261. The molecule has 0 unspecified atom stereocenters. The van der Waals surface area contributed by atoms with Crippen molar-refractivity contribution in [1.29, 1.82) is 0 Å². The summed E-state index contributed by atoms with van der Waals surface area (Å²) in [5, 5.41) is 12.0. The van der Waals surface area contributed by atoms with Crippen LogP contribution in [0.1, 0.15) is 17.8 Å². The molecule has 0 bridgehead atoms. The molecule has 3 nitrogen and oxygen atoms in total. The lowest BCUT2D eigenvalue weighted by Gasteiger charge is -2.00. The molecule has 0 saturated heterocycles. The maximum Gasteiger partial charge on any atom is 0.118 e. The molecule has 0 aliphatic rings. The van der Waals surface area contributed by atoms with Crippen LogP contribution in [-0.4, -0.2) is 23.8 Å². The molecule has 0 radical (unpaired) electrons. The zero-order valence-electron chi connectivity index (χ0n) is 10.4. The van der Waals surface area contributed by atoms with Crippen LogP contribution < -0.4 is 4.74 Å². The zero-order valence-corrected chi connectivity index (χ0v) is 11.2. The molecule has 0 saturated carbocycles. The van der Waals surface area contributed by atoms with Crippen molar-refractivity contribution in [3.05, 3.63) is 34.7 Å². The Morgan fingerprint density at radius 2 is 2.00 bits per heavy atom. The normalized spacial score (nSPS) is 10.6. The predicted molar refractivity (Wildman–Crippen MR) is 74.1 cm³/mol. The third-order valence-corrected chi connectivity index (χ3v) is 3.64. The predicted octanol–water partition coefficient (Wildman–Crippen LogP) is 3.13. The highest BCUT2D eigenvalue weighted by Gasteiger charge is 2.04. The third kappa shape index (κ3) is 3.31. The van der Waals surface area contributed by atoms with Crippen LogP contribution >= 0.6 is 11.3 Å². The summed E-state index contributed by atoms with van der Waals surface area (Å²) in [6.07, 6.45) is 2.78. The quantitative estimate of drug-likeness (QED) is 0.814. The summed E-state index contributed by atoms with van der Waals surface area (Å²) in [5.74, 6) is 0.858. The first-order valence-electron chi connectivity index (χ1n) is 6.03. The van der Waals surface area contributed by atoms with Crippen LogP contribution in [0.5, 0.6) is 5.75 Å². The second kappa shape index (κ2) is 6.52. The topological polar surface area (TPSA) is 42.4 Å². The molecule has 0 atom stereocenters. The van der Waals surface area contributed by atoms with E-state index in [1.165, 1.54) is 0 Å². The van der Waals surface area contributed by atoms with Gasteiger partial charge in [-0.2, -0.15) is 0 Å². The first kappa shape index (κ1) is 13.1. The molecule has 0 spiro atoms. The number of aryl methyl sites for hydroxylation is 1. The second-order valence-electron chi connectivity index (χ2n) is 4.04. The van der Waals surface area contributed by atoms with E-state index in [1.807, 2.05) is 24.3 Å². The summed E-state index contributed by atoms with van der Waals surface area (Å²) in [4.78, 5) is 4.60. The van der Waals surface area contributed by atoms with E-state index in [1.54, 1.807) is 18.4 Å². The fourth-order valence-electron chi connectivity index (χ4n) is 1.71. The molecule has 1 aromatic heterocycles. The fraction of sp³-hybridized carbons (Fsp3) is 0.357. The van der Waals surface area contributed by atoms with E-state index in [4.69, 9.17) is 9.84 Å². The van der Waals surface area contributed by atoms with Gasteiger partial charge >= 0.3 is 0 Å². The van der Waals surface area contributed by atoms with Crippen molar-refractivity contribution in [3.8, 4) is 17.0 Å². The van der Waals surface area contributed by atoms with Crippen LogP contribution in [0.3, 0.4) is 0 Å². The maximum atomic E-state index is 8.75. The van der Waals surface area contributed by atoms with Crippen molar-refractivity contribution in [2.75, 3.05) is 13.7 Å². The molecule has 0 fully saturated rings. The van der Waals surface area contributed by atoms with E-state index < -0.39 is 0 Å². The lowest BCUT2D eigenvalue weighted by Crippen LogP contribution is -1.88. The van der Waals surface area contributed by atoms with E-state index in [0.717, 1.165) is 41.3 Å². The summed E-state index contributed by atoms with van der Waals surface area (Å²) >= 11 is 1.68. The largest absolute Gasteiger partial charge is 0.497 e. The third-order valence-electron chi connectivity index (χ3n) is 2.74. The molecule has 1 N–H and O–H groups in total. The standard InChI is InChI=1S/C14H17NO2S/c1-17-12-7-5-11(6-8-12)13-10-18-14(15-13)4-2-3-9-16/h5-8,10,16H,2-4,9H2,1H3. The Hall–Kier alpha value is -1.39. The molecule has 96 valence electrons. The van der Waals surface area contributed by atoms with Crippen LogP contribution in [0, 0.1) is 0 Å². The number of methoxy groups -OCH3 is 1. The number of aromatic nitrogens is 1. The van der Waals surface area contributed by atoms with E-state index in [9.17, 15) is 0 Å². The molecule has 18 heavy (non-hydrogen) atoms. The molecule has 2 rings (SSSR count). The number of hydrogen-bond acceptors (Lipinski definition) is 4. The highest BCUT2D eigenvalue weighted by atomic mass is 32.1. The van der Waals surface area contributed by atoms with Gasteiger partial charge in [0.25, 0.3) is 0 Å². The second-order valence-corrected chi connectivity index (χ2v) is 4.98. The summed E-state index contributed by atoms with van der Waals surface area (Å²) in [7, 11) is 1.66. The van der Waals surface area contributed by atoms with Gasteiger partial charge in [0.15, 0.2) is 0 Å². The molecule has 1 heterocycles. The number of rotatable bonds is 6. The molecule has 2 aromatic rings. The SMILES string of the molecule is COc1ccc(-c2csc(CCCCO)n2)cc1. The molecule has 0 aliphatic heterocycles. The van der Waals surface area contributed by atoms with E-state index in [-0.39, 0.29) is 6.61 Å². The summed E-state index contributed by atoms with van der Waals surface area (Å²) in [6.45, 7) is 0.261. The van der Waals surface area contributed by atoms with Crippen molar-refractivity contribution in [2.24, 2.45) is 0 Å².